The molecule has 1 fully saturated rings. The van der Waals surface area contributed by atoms with Gasteiger partial charge < -0.3 is 35.2 Å². The number of amides is 1. The Hall–Kier alpha value is -2.27. The Morgan fingerprint density at radius 1 is 1.26 bits per heavy atom. The predicted molar refractivity (Wildman–Crippen MR) is 109 cm³/mol. The minimum atomic E-state index is -1.99. The number of carbonyl (C=O) groups excluding carboxylic acids is 1. The van der Waals surface area contributed by atoms with E-state index in [2.05, 4.69) is 5.32 Å². The fraction of sp³-hybridized carbons (Fsp3) is 0.381. The zero-order valence-corrected chi connectivity index (χ0v) is 17.5. The first-order valence-corrected chi connectivity index (χ1v) is 9.81. The van der Waals surface area contributed by atoms with Crippen molar-refractivity contribution in [2.75, 3.05) is 13.7 Å². The highest BCUT2D eigenvalue weighted by molar-refractivity contribution is 6.32. The summed E-state index contributed by atoms with van der Waals surface area (Å²) in [5, 5.41) is 42.5. The summed E-state index contributed by atoms with van der Waals surface area (Å²) in [5.74, 6) is -1.13. The summed E-state index contributed by atoms with van der Waals surface area (Å²) in [4.78, 5) is 11.8. The van der Waals surface area contributed by atoms with Crippen LogP contribution in [0.3, 0.4) is 0 Å². The molecule has 3 rings (SSSR count). The van der Waals surface area contributed by atoms with E-state index in [4.69, 9.17) is 21.1 Å². The minimum Gasteiger partial charge on any atom is -0.460 e. The number of benzene rings is 2. The number of aliphatic hydroxyl groups excluding tert-OH is 3. The van der Waals surface area contributed by atoms with Gasteiger partial charge in [0.05, 0.1) is 17.2 Å². The van der Waals surface area contributed by atoms with E-state index >= 15 is 0 Å². The molecule has 0 aromatic heterocycles. The van der Waals surface area contributed by atoms with Gasteiger partial charge in [0.15, 0.2) is 5.60 Å². The van der Waals surface area contributed by atoms with Gasteiger partial charge in [-0.2, -0.15) is 0 Å². The van der Waals surface area contributed by atoms with Gasteiger partial charge in [-0.25, -0.2) is 4.39 Å². The summed E-state index contributed by atoms with van der Waals surface area (Å²) >= 11 is 6.31. The van der Waals surface area contributed by atoms with E-state index in [9.17, 15) is 29.6 Å². The zero-order valence-electron chi connectivity index (χ0n) is 16.8. The first kappa shape index (κ1) is 23.4. The van der Waals surface area contributed by atoms with Gasteiger partial charge in [0, 0.05) is 7.05 Å². The van der Waals surface area contributed by atoms with Gasteiger partial charge in [0.1, 0.15) is 29.9 Å². The zero-order chi connectivity index (χ0) is 22.9. The Balaban J connectivity index is 1.87. The van der Waals surface area contributed by atoms with Crippen molar-refractivity contribution in [1.82, 2.24) is 5.32 Å². The molecule has 31 heavy (non-hydrogen) atoms. The van der Waals surface area contributed by atoms with Crippen molar-refractivity contribution in [1.29, 1.82) is 0 Å². The number of ether oxygens (including phenoxy) is 2. The Morgan fingerprint density at radius 2 is 1.90 bits per heavy atom. The summed E-state index contributed by atoms with van der Waals surface area (Å²) in [6, 6.07) is 8.66. The molecule has 2 aromatic carbocycles. The standard InChI is InChI=1S/C21H23ClFNO7/c1-21(29)18(27)17(26)16(9-25)31-20(21)30-15-6-4-11(8-13(15)22)10-3-5-14(23)12(7-10)19(28)24-2/h3-8,16-18,20,25-27,29H,9H2,1-2H3,(H,24,28)/t16-,17-,18+,20+,21-/m1/s1. The van der Waals surface area contributed by atoms with E-state index in [1.807, 2.05) is 0 Å². The second-order valence-corrected chi connectivity index (χ2v) is 7.79. The normalized spacial score (nSPS) is 28.3. The molecule has 0 radical (unpaired) electrons. The Bertz CT molecular complexity index is 971. The van der Waals surface area contributed by atoms with Crippen LogP contribution >= 0.6 is 11.6 Å². The molecule has 0 bridgehead atoms. The van der Waals surface area contributed by atoms with E-state index in [-0.39, 0.29) is 16.3 Å². The largest absolute Gasteiger partial charge is 0.460 e. The highest BCUT2D eigenvalue weighted by Crippen LogP contribution is 2.36. The third-order valence-corrected chi connectivity index (χ3v) is 5.49. The van der Waals surface area contributed by atoms with Crippen LogP contribution in [0.1, 0.15) is 17.3 Å². The predicted octanol–water partition coefficient (Wildman–Crippen LogP) is 1.07. The van der Waals surface area contributed by atoms with E-state index in [0.29, 0.717) is 11.1 Å². The van der Waals surface area contributed by atoms with E-state index in [0.717, 1.165) is 0 Å². The van der Waals surface area contributed by atoms with Crippen LogP contribution in [0, 0.1) is 5.82 Å². The van der Waals surface area contributed by atoms with E-state index in [1.54, 1.807) is 6.07 Å². The molecule has 0 saturated carbocycles. The second kappa shape index (κ2) is 9.07. The topological polar surface area (TPSA) is 128 Å². The first-order valence-electron chi connectivity index (χ1n) is 9.43. The SMILES string of the molecule is CNC(=O)c1cc(-c2ccc(O[C@H]3O[C@H](CO)[C@@H](O)[C@H](O)[C@@]3(C)O)c(Cl)c2)ccc1F. The lowest BCUT2D eigenvalue weighted by molar-refractivity contribution is -0.314. The molecule has 0 aliphatic carbocycles. The van der Waals surface area contributed by atoms with E-state index < -0.39 is 48.5 Å². The summed E-state index contributed by atoms with van der Waals surface area (Å²) in [7, 11) is 1.40. The third-order valence-electron chi connectivity index (χ3n) is 5.20. The number of aliphatic hydroxyl groups is 4. The summed E-state index contributed by atoms with van der Waals surface area (Å²) < 4.78 is 24.9. The summed E-state index contributed by atoms with van der Waals surface area (Å²) in [5.41, 5.74) is -1.01. The molecule has 168 valence electrons. The maximum atomic E-state index is 13.9. The van der Waals surface area contributed by atoms with Crippen molar-refractivity contribution in [3.8, 4) is 16.9 Å². The maximum absolute atomic E-state index is 13.9. The smallest absolute Gasteiger partial charge is 0.254 e. The van der Waals surface area contributed by atoms with Crippen LogP contribution in [0.15, 0.2) is 36.4 Å². The van der Waals surface area contributed by atoms with Crippen LogP contribution < -0.4 is 10.1 Å². The van der Waals surface area contributed by atoms with Crippen molar-refractivity contribution in [2.45, 2.75) is 37.1 Å². The Kier molecular flexibility index (Phi) is 6.85. The van der Waals surface area contributed by atoms with Crippen LogP contribution in [-0.2, 0) is 4.74 Å². The summed E-state index contributed by atoms with van der Waals surface area (Å²) in [6.45, 7) is 0.624. The summed E-state index contributed by atoms with van der Waals surface area (Å²) in [6.07, 6.45) is -5.74. The molecule has 5 atom stereocenters. The lowest BCUT2D eigenvalue weighted by Gasteiger charge is -2.45. The van der Waals surface area contributed by atoms with Crippen molar-refractivity contribution >= 4 is 17.5 Å². The molecule has 10 heteroatoms. The molecular weight excluding hydrogens is 433 g/mol. The third kappa shape index (κ3) is 4.52. The van der Waals surface area contributed by atoms with Gasteiger partial charge in [-0.15, -0.1) is 0 Å². The highest BCUT2D eigenvalue weighted by atomic mass is 35.5. The second-order valence-electron chi connectivity index (χ2n) is 7.39. The molecule has 1 saturated heterocycles. The van der Waals surface area contributed by atoms with Crippen LogP contribution in [0.2, 0.25) is 5.02 Å². The molecule has 1 amide bonds. The van der Waals surface area contributed by atoms with Gasteiger partial charge >= 0.3 is 0 Å². The molecule has 1 heterocycles. The van der Waals surface area contributed by atoms with Gasteiger partial charge in [0.25, 0.3) is 5.91 Å². The fourth-order valence-electron chi connectivity index (χ4n) is 3.27. The molecule has 0 unspecified atom stereocenters. The number of nitrogens with one attached hydrogen (secondary N) is 1. The van der Waals surface area contributed by atoms with Crippen LogP contribution in [0.25, 0.3) is 11.1 Å². The van der Waals surface area contributed by atoms with Crippen molar-refractivity contribution in [3.05, 3.63) is 52.8 Å². The van der Waals surface area contributed by atoms with Gasteiger partial charge in [-0.1, -0.05) is 23.7 Å². The van der Waals surface area contributed by atoms with Gasteiger partial charge in [-0.05, 0) is 42.3 Å². The van der Waals surface area contributed by atoms with Gasteiger partial charge in [0.2, 0.25) is 6.29 Å². The quantitative estimate of drug-likeness (QED) is 0.456. The van der Waals surface area contributed by atoms with Crippen molar-refractivity contribution in [3.63, 3.8) is 0 Å². The van der Waals surface area contributed by atoms with Crippen LogP contribution in [-0.4, -0.2) is 70.2 Å². The average Bonchev–Trinajstić information content (AvgIpc) is 2.75. The lowest BCUT2D eigenvalue weighted by atomic mass is 9.88. The number of rotatable bonds is 5. The monoisotopic (exact) mass is 455 g/mol. The molecule has 5 N–H and O–H groups in total. The number of hydrogen-bond acceptors (Lipinski definition) is 7. The van der Waals surface area contributed by atoms with Crippen LogP contribution in [0.4, 0.5) is 4.39 Å². The van der Waals surface area contributed by atoms with Gasteiger partial charge in [-0.3, -0.25) is 4.79 Å². The molecule has 8 nitrogen and oxygen atoms in total. The molecule has 1 aliphatic heterocycles. The number of carbonyl (C=O) groups is 1. The first-order chi connectivity index (χ1) is 14.6. The molecule has 2 aromatic rings. The Morgan fingerprint density at radius 3 is 2.52 bits per heavy atom. The average molecular weight is 456 g/mol. The maximum Gasteiger partial charge on any atom is 0.254 e. The Labute approximate surface area is 182 Å². The van der Waals surface area contributed by atoms with Crippen molar-refractivity contribution in [2.24, 2.45) is 0 Å². The number of hydrogen-bond donors (Lipinski definition) is 5. The lowest BCUT2D eigenvalue weighted by Crippen LogP contribution is -2.66. The molecule has 0 spiro atoms. The van der Waals surface area contributed by atoms with Crippen molar-refractivity contribution < 1.29 is 39.1 Å². The molecular formula is C21H23ClFNO7. The van der Waals surface area contributed by atoms with E-state index in [1.165, 1.54) is 44.3 Å². The fourth-order valence-corrected chi connectivity index (χ4v) is 3.49. The number of halogens is 2. The van der Waals surface area contributed by atoms with Crippen LogP contribution in [0.5, 0.6) is 5.75 Å². The highest BCUT2D eigenvalue weighted by Gasteiger charge is 2.53. The molecule has 1 aliphatic rings. The minimum absolute atomic E-state index is 0.101.